The van der Waals surface area contributed by atoms with Crippen molar-refractivity contribution in [1.82, 2.24) is 5.32 Å². The van der Waals surface area contributed by atoms with Gasteiger partial charge in [-0.25, -0.2) is 0 Å². The molecule has 0 unspecified atom stereocenters. The number of fused-ring (bicyclic) bond motifs is 3. The Kier molecular flexibility index (Phi) is 5.97. The summed E-state index contributed by atoms with van der Waals surface area (Å²) in [6.45, 7) is 5.40. The molecule has 0 saturated carbocycles. The zero-order valence-electron chi connectivity index (χ0n) is 20.2. The highest BCUT2D eigenvalue weighted by atomic mass is 35.5. The van der Waals surface area contributed by atoms with Crippen molar-refractivity contribution in [3.8, 4) is 11.5 Å². The quantitative estimate of drug-likeness (QED) is 0.465. The molecule has 1 amide bonds. The zero-order valence-corrected chi connectivity index (χ0v) is 20.9. The Labute approximate surface area is 211 Å². The minimum Gasteiger partial charge on any atom is -0.493 e. The fraction of sp³-hybridized carbons (Fsp3) is 0.276. The first kappa shape index (κ1) is 23.3. The lowest BCUT2D eigenvalue weighted by Crippen LogP contribution is -2.68. The van der Waals surface area contributed by atoms with Gasteiger partial charge in [0.2, 0.25) is 5.91 Å². The van der Waals surface area contributed by atoms with Crippen LogP contribution in [0.4, 0.5) is 5.69 Å². The van der Waals surface area contributed by atoms with Gasteiger partial charge in [-0.05, 0) is 41.5 Å². The van der Waals surface area contributed by atoms with E-state index in [1.807, 2.05) is 48.5 Å². The second kappa shape index (κ2) is 8.97. The van der Waals surface area contributed by atoms with Crippen molar-refractivity contribution in [2.45, 2.75) is 38.0 Å². The highest BCUT2D eigenvalue weighted by Gasteiger charge is 2.57. The number of rotatable bonds is 6. The molecule has 2 aliphatic heterocycles. The molecule has 6 heteroatoms. The van der Waals surface area contributed by atoms with E-state index >= 15 is 0 Å². The monoisotopic (exact) mass is 488 g/mol. The molecule has 0 aromatic heterocycles. The number of carbonyl (C=O) groups is 1. The number of methoxy groups -OCH3 is 1. The van der Waals surface area contributed by atoms with Crippen molar-refractivity contribution in [3.05, 3.63) is 94.5 Å². The van der Waals surface area contributed by atoms with Gasteiger partial charge in [-0.2, -0.15) is 0 Å². The normalized spacial score (nSPS) is 20.3. The smallest absolute Gasteiger partial charge is 0.223 e. The van der Waals surface area contributed by atoms with Crippen molar-refractivity contribution >= 4 is 29.3 Å². The molecule has 2 aliphatic rings. The van der Waals surface area contributed by atoms with Crippen LogP contribution in [0.5, 0.6) is 11.5 Å². The van der Waals surface area contributed by atoms with E-state index in [9.17, 15) is 4.79 Å². The lowest BCUT2D eigenvalue weighted by Gasteiger charge is -2.49. The fourth-order valence-electron chi connectivity index (χ4n) is 5.21. The molecule has 3 aromatic rings. The van der Waals surface area contributed by atoms with Crippen molar-refractivity contribution in [2.24, 2.45) is 0 Å². The maximum Gasteiger partial charge on any atom is 0.223 e. The molecule has 1 atom stereocenters. The first-order chi connectivity index (χ1) is 16.9. The number of hydrogen-bond acceptors (Lipinski definition) is 4. The minimum atomic E-state index is -0.654. The number of ether oxygens (including phenoxy) is 2. The molecule has 5 rings (SSSR count). The molecule has 0 bridgehead atoms. The van der Waals surface area contributed by atoms with Crippen LogP contribution in [-0.4, -0.2) is 25.2 Å². The maximum atomic E-state index is 12.6. The van der Waals surface area contributed by atoms with Crippen LogP contribution in [0.15, 0.2) is 72.8 Å². The number of para-hydroxylation sites is 1. The highest BCUT2D eigenvalue weighted by molar-refractivity contribution is 6.31. The van der Waals surface area contributed by atoms with E-state index in [1.54, 1.807) is 7.11 Å². The molecule has 3 aromatic carbocycles. The van der Waals surface area contributed by atoms with E-state index in [1.165, 1.54) is 11.3 Å². The van der Waals surface area contributed by atoms with Gasteiger partial charge in [0.1, 0.15) is 12.3 Å². The third-order valence-corrected chi connectivity index (χ3v) is 7.55. The summed E-state index contributed by atoms with van der Waals surface area (Å²) in [5.74, 6) is 1.34. The molecule has 5 nitrogen and oxygen atoms in total. The van der Waals surface area contributed by atoms with Gasteiger partial charge in [-0.1, -0.05) is 74.0 Å². The van der Waals surface area contributed by atoms with Crippen LogP contribution in [-0.2, 0) is 16.8 Å². The van der Waals surface area contributed by atoms with Crippen LogP contribution in [0.1, 0.15) is 37.0 Å². The number of nitrogens with one attached hydrogen (secondary N) is 1. The number of benzene rings is 3. The van der Waals surface area contributed by atoms with E-state index in [-0.39, 0.29) is 11.3 Å². The average molecular weight is 489 g/mol. The third-order valence-electron chi connectivity index (χ3n) is 7.18. The Morgan fingerprint density at radius 1 is 1.06 bits per heavy atom. The summed E-state index contributed by atoms with van der Waals surface area (Å²) in [6, 6.07) is 21.9. The number of amides is 1. The van der Waals surface area contributed by atoms with Gasteiger partial charge in [0.15, 0.2) is 11.5 Å². The highest BCUT2D eigenvalue weighted by Crippen LogP contribution is 2.52. The number of anilines is 1. The van der Waals surface area contributed by atoms with Gasteiger partial charge in [0.25, 0.3) is 0 Å². The van der Waals surface area contributed by atoms with Crippen molar-refractivity contribution in [2.75, 3.05) is 18.6 Å². The Balaban J connectivity index is 1.44. The molecule has 0 spiro atoms. The van der Waals surface area contributed by atoms with Gasteiger partial charge in [-0.15, -0.1) is 0 Å². The summed E-state index contributed by atoms with van der Waals surface area (Å²) in [6.07, 6.45) is 4.64. The van der Waals surface area contributed by atoms with E-state index in [2.05, 4.69) is 54.4 Å². The van der Waals surface area contributed by atoms with Crippen LogP contribution in [0.3, 0.4) is 0 Å². The van der Waals surface area contributed by atoms with E-state index in [0.717, 1.165) is 11.1 Å². The van der Waals surface area contributed by atoms with E-state index < -0.39 is 5.66 Å². The van der Waals surface area contributed by atoms with Crippen molar-refractivity contribution in [3.63, 3.8) is 0 Å². The second-order valence-corrected chi connectivity index (χ2v) is 9.89. The standard InChI is InChI=1S/C29H29ClN2O3/c1-28(2)22-9-5-7-11-24(22)32-17-15-27(33)31-29(28,32)16-14-20-12-13-25(26(18-20)34-3)35-19-21-8-4-6-10-23(21)30/h4-14,16,18H,15,17,19H2,1-3H3,(H,31,33)/b16-14+/t29-/m1/s1. The lowest BCUT2D eigenvalue weighted by atomic mass is 9.74. The SMILES string of the molecule is COc1cc(/C=C/[C@@]23NC(=O)CCN2c2ccccc2C3(C)C)ccc1OCc1ccccc1Cl. The molecule has 1 N–H and O–H groups in total. The van der Waals surface area contributed by atoms with Crippen LogP contribution in [0, 0.1) is 0 Å². The number of halogens is 1. The summed E-state index contributed by atoms with van der Waals surface area (Å²) in [5, 5.41) is 3.99. The second-order valence-electron chi connectivity index (χ2n) is 9.48. The average Bonchev–Trinajstić information content (AvgIpc) is 3.06. The van der Waals surface area contributed by atoms with E-state index in [0.29, 0.717) is 36.1 Å². The molecule has 1 fully saturated rings. The van der Waals surface area contributed by atoms with Crippen LogP contribution in [0.2, 0.25) is 5.02 Å². The largest absolute Gasteiger partial charge is 0.493 e. The van der Waals surface area contributed by atoms with Crippen LogP contribution < -0.4 is 19.7 Å². The summed E-state index contributed by atoms with van der Waals surface area (Å²) < 4.78 is 11.6. The Hall–Kier alpha value is -3.44. The molecule has 180 valence electrons. The van der Waals surface area contributed by atoms with Crippen molar-refractivity contribution in [1.29, 1.82) is 0 Å². The molecular weight excluding hydrogens is 460 g/mol. The number of nitrogens with zero attached hydrogens (tertiary/aromatic N) is 1. The Morgan fingerprint density at radius 3 is 2.63 bits per heavy atom. The van der Waals surface area contributed by atoms with Crippen molar-refractivity contribution < 1.29 is 14.3 Å². The zero-order chi connectivity index (χ0) is 24.6. The van der Waals surface area contributed by atoms with Gasteiger partial charge in [0.05, 0.1) is 7.11 Å². The first-order valence-electron chi connectivity index (χ1n) is 11.8. The molecule has 35 heavy (non-hydrogen) atoms. The fourth-order valence-corrected chi connectivity index (χ4v) is 5.40. The predicted octanol–water partition coefficient (Wildman–Crippen LogP) is 5.95. The third kappa shape index (κ3) is 3.94. The minimum absolute atomic E-state index is 0.0627. The Morgan fingerprint density at radius 2 is 1.83 bits per heavy atom. The maximum absolute atomic E-state index is 12.6. The number of carbonyl (C=O) groups excluding carboxylic acids is 1. The van der Waals surface area contributed by atoms with Crippen LogP contribution >= 0.6 is 11.6 Å². The molecular formula is C29H29ClN2O3. The predicted molar refractivity (Wildman–Crippen MR) is 140 cm³/mol. The summed E-state index contributed by atoms with van der Waals surface area (Å²) in [4.78, 5) is 14.9. The first-order valence-corrected chi connectivity index (χ1v) is 12.2. The topological polar surface area (TPSA) is 50.8 Å². The Bertz CT molecular complexity index is 1300. The summed E-state index contributed by atoms with van der Waals surface area (Å²) in [5.41, 5.74) is 3.29. The van der Waals surface area contributed by atoms with Gasteiger partial charge in [0, 0.05) is 34.7 Å². The molecule has 2 heterocycles. The van der Waals surface area contributed by atoms with E-state index in [4.69, 9.17) is 21.1 Å². The molecule has 0 radical (unpaired) electrons. The van der Waals surface area contributed by atoms with Gasteiger partial charge in [-0.3, -0.25) is 4.79 Å². The molecule has 0 aliphatic carbocycles. The van der Waals surface area contributed by atoms with Gasteiger partial charge < -0.3 is 19.7 Å². The van der Waals surface area contributed by atoms with Crippen LogP contribution in [0.25, 0.3) is 6.08 Å². The van der Waals surface area contributed by atoms with Gasteiger partial charge >= 0.3 is 0 Å². The number of hydrogen-bond donors (Lipinski definition) is 1. The molecule has 1 saturated heterocycles. The summed E-state index contributed by atoms with van der Waals surface area (Å²) >= 11 is 6.26. The lowest BCUT2D eigenvalue weighted by molar-refractivity contribution is -0.124. The summed E-state index contributed by atoms with van der Waals surface area (Å²) in [7, 11) is 1.63.